The third kappa shape index (κ3) is 2.63. The summed E-state index contributed by atoms with van der Waals surface area (Å²) in [6, 6.07) is 0. The minimum atomic E-state index is -1.39. The highest BCUT2D eigenvalue weighted by Crippen LogP contribution is 2.43. The molecule has 114 valence electrons. The van der Waals surface area contributed by atoms with Crippen LogP contribution in [0.5, 0.6) is 0 Å². The van der Waals surface area contributed by atoms with Gasteiger partial charge in [0.05, 0.1) is 23.2 Å². The van der Waals surface area contributed by atoms with Crippen LogP contribution >= 0.6 is 0 Å². The highest BCUT2D eigenvalue weighted by atomic mass is 16.6. The van der Waals surface area contributed by atoms with E-state index in [0.717, 1.165) is 25.7 Å². The summed E-state index contributed by atoms with van der Waals surface area (Å²) in [6.45, 7) is 0.357. The molecule has 1 saturated heterocycles. The van der Waals surface area contributed by atoms with Crippen molar-refractivity contribution in [3.8, 4) is 0 Å². The minimum Gasteiger partial charge on any atom is -0.476 e. The number of carboxylic acids is 1. The molecule has 1 aliphatic carbocycles. The van der Waals surface area contributed by atoms with Gasteiger partial charge in [0.25, 0.3) is 0 Å². The Hall–Kier alpha value is -1.96. The van der Waals surface area contributed by atoms with Crippen molar-refractivity contribution in [1.29, 1.82) is 0 Å². The Morgan fingerprint density at radius 2 is 2.24 bits per heavy atom. The van der Waals surface area contributed by atoms with E-state index in [9.17, 15) is 14.9 Å². The zero-order valence-corrected chi connectivity index (χ0v) is 11.5. The maximum absolute atomic E-state index is 11.0. The van der Waals surface area contributed by atoms with Crippen LogP contribution in [0.15, 0.2) is 6.20 Å². The lowest BCUT2D eigenvalue weighted by Crippen LogP contribution is -2.26. The number of carboxylic acid groups (broad SMARTS) is 1. The van der Waals surface area contributed by atoms with E-state index in [1.54, 1.807) is 0 Å². The molecule has 1 aromatic heterocycles. The van der Waals surface area contributed by atoms with Crippen molar-refractivity contribution in [2.24, 2.45) is 0 Å². The molecule has 2 fully saturated rings. The molecule has 1 aromatic rings. The van der Waals surface area contributed by atoms with Crippen LogP contribution < -0.4 is 0 Å². The molecule has 2 aliphatic rings. The summed E-state index contributed by atoms with van der Waals surface area (Å²) in [5.41, 5.74) is -1.01. The number of rotatable bonds is 4. The SMILES string of the molecule is O=C(O)c1nn(CC2CCC3(CCCC3)O2)cc1[N+](=O)[O-]. The largest absolute Gasteiger partial charge is 0.476 e. The summed E-state index contributed by atoms with van der Waals surface area (Å²) >= 11 is 0. The number of aromatic carboxylic acids is 1. The first-order valence-electron chi connectivity index (χ1n) is 7.12. The molecule has 1 N–H and O–H groups in total. The lowest BCUT2D eigenvalue weighted by molar-refractivity contribution is -0.385. The van der Waals surface area contributed by atoms with Gasteiger partial charge in [-0.15, -0.1) is 0 Å². The number of nitro groups is 1. The number of hydrogen-bond acceptors (Lipinski definition) is 5. The summed E-state index contributed by atoms with van der Waals surface area (Å²) in [7, 11) is 0. The molecule has 2 heterocycles. The smallest absolute Gasteiger partial charge is 0.363 e. The monoisotopic (exact) mass is 295 g/mol. The van der Waals surface area contributed by atoms with Gasteiger partial charge >= 0.3 is 11.7 Å². The Kier molecular flexibility index (Phi) is 3.40. The Morgan fingerprint density at radius 3 is 2.81 bits per heavy atom. The van der Waals surface area contributed by atoms with Gasteiger partial charge in [-0.2, -0.15) is 5.10 Å². The lowest BCUT2D eigenvalue weighted by Gasteiger charge is -2.23. The third-order valence-corrected chi connectivity index (χ3v) is 4.39. The van der Waals surface area contributed by atoms with Crippen molar-refractivity contribution in [3.63, 3.8) is 0 Å². The Balaban J connectivity index is 1.72. The normalized spacial score (nSPS) is 23.7. The highest BCUT2D eigenvalue weighted by molar-refractivity contribution is 5.89. The van der Waals surface area contributed by atoms with Crippen molar-refractivity contribution in [2.45, 2.75) is 56.8 Å². The number of hydrogen-bond donors (Lipinski definition) is 1. The number of ether oxygens (including phenoxy) is 1. The average Bonchev–Trinajstić information content (AvgIpc) is 3.12. The van der Waals surface area contributed by atoms with E-state index in [2.05, 4.69) is 5.10 Å². The summed E-state index contributed by atoms with van der Waals surface area (Å²) < 4.78 is 7.43. The van der Waals surface area contributed by atoms with Gasteiger partial charge in [-0.3, -0.25) is 14.8 Å². The summed E-state index contributed by atoms with van der Waals surface area (Å²) in [5.74, 6) is -1.39. The number of carbonyl (C=O) groups is 1. The predicted molar refractivity (Wildman–Crippen MR) is 71.1 cm³/mol. The molecule has 0 radical (unpaired) electrons. The maximum Gasteiger partial charge on any atom is 0.363 e. The van der Waals surface area contributed by atoms with Crippen molar-refractivity contribution >= 4 is 11.7 Å². The summed E-state index contributed by atoms with van der Waals surface area (Å²) in [6.07, 6.45) is 7.53. The molecule has 1 spiro atoms. The van der Waals surface area contributed by atoms with Gasteiger partial charge in [0.1, 0.15) is 6.20 Å². The maximum atomic E-state index is 11.0. The van der Waals surface area contributed by atoms with Crippen molar-refractivity contribution < 1.29 is 19.6 Å². The summed E-state index contributed by atoms with van der Waals surface area (Å²) in [5, 5.41) is 23.6. The molecule has 0 aromatic carbocycles. The van der Waals surface area contributed by atoms with E-state index >= 15 is 0 Å². The van der Waals surface area contributed by atoms with Gasteiger partial charge in [0.2, 0.25) is 5.69 Å². The van der Waals surface area contributed by atoms with Gasteiger partial charge in [0.15, 0.2) is 0 Å². The Labute approximate surface area is 120 Å². The fourth-order valence-corrected chi connectivity index (χ4v) is 3.41. The van der Waals surface area contributed by atoms with Crippen molar-refractivity contribution in [1.82, 2.24) is 9.78 Å². The molecule has 3 rings (SSSR count). The molecule has 0 bridgehead atoms. The molecule has 8 nitrogen and oxygen atoms in total. The topological polar surface area (TPSA) is 107 Å². The number of nitrogens with zero attached hydrogens (tertiary/aromatic N) is 3. The molecule has 1 atom stereocenters. The van der Waals surface area contributed by atoms with Crippen LogP contribution in [-0.4, -0.2) is 37.5 Å². The number of aromatic nitrogens is 2. The van der Waals surface area contributed by atoms with Crippen LogP contribution in [0.4, 0.5) is 5.69 Å². The van der Waals surface area contributed by atoms with E-state index < -0.39 is 22.3 Å². The Bertz CT molecular complexity index is 545. The predicted octanol–water partition coefficient (Wildman–Crippen LogP) is 1.98. The fourth-order valence-electron chi connectivity index (χ4n) is 3.41. The van der Waals surface area contributed by atoms with E-state index in [0.29, 0.717) is 6.54 Å². The first kappa shape index (κ1) is 14.0. The van der Waals surface area contributed by atoms with Gasteiger partial charge < -0.3 is 9.84 Å². The van der Waals surface area contributed by atoms with E-state index in [1.807, 2.05) is 0 Å². The van der Waals surface area contributed by atoms with Crippen LogP contribution in [0.2, 0.25) is 0 Å². The molecule has 0 amide bonds. The second-order valence-electron chi connectivity index (χ2n) is 5.82. The lowest BCUT2D eigenvalue weighted by atomic mass is 9.98. The van der Waals surface area contributed by atoms with Crippen LogP contribution in [0, 0.1) is 10.1 Å². The summed E-state index contributed by atoms with van der Waals surface area (Å²) in [4.78, 5) is 21.1. The fraction of sp³-hybridized carbons (Fsp3) is 0.692. The zero-order chi connectivity index (χ0) is 15.0. The minimum absolute atomic E-state index is 0.0145. The quantitative estimate of drug-likeness (QED) is 0.672. The van der Waals surface area contributed by atoms with Crippen LogP contribution in [0.3, 0.4) is 0 Å². The Morgan fingerprint density at radius 1 is 1.52 bits per heavy atom. The van der Waals surface area contributed by atoms with Gasteiger partial charge in [0, 0.05) is 0 Å². The van der Waals surface area contributed by atoms with E-state index in [4.69, 9.17) is 9.84 Å². The van der Waals surface area contributed by atoms with Crippen molar-refractivity contribution in [3.05, 3.63) is 22.0 Å². The first-order valence-corrected chi connectivity index (χ1v) is 7.12. The molecular formula is C13H17N3O5. The van der Waals surface area contributed by atoms with Crippen molar-refractivity contribution in [2.75, 3.05) is 0 Å². The molecule has 1 saturated carbocycles. The zero-order valence-electron chi connectivity index (χ0n) is 11.5. The molecular weight excluding hydrogens is 278 g/mol. The standard InChI is InChI=1S/C13H17N3O5/c17-12(18)11-10(16(19)20)8-15(14-11)7-9-3-6-13(21-9)4-1-2-5-13/h8-9H,1-7H2,(H,17,18). The van der Waals surface area contributed by atoms with Gasteiger partial charge in [-0.05, 0) is 25.7 Å². The highest BCUT2D eigenvalue weighted by Gasteiger charge is 2.42. The third-order valence-electron chi connectivity index (χ3n) is 4.39. The van der Waals surface area contributed by atoms with Gasteiger partial charge in [-0.25, -0.2) is 4.79 Å². The molecule has 1 unspecified atom stereocenters. The molecule has 8 heteroatoms. The first-order chi connectivity index (χ1) is 9.99. The second-order valence-corrected chi connectivity index (χ2v) is 5.82. The molecule has 21 heavy (non-hydrogen) atoms. The molecule has 1 aliphatic heterocycles. The second kappa shape index (κ2) is 5.10. The van der Waals surface area contributed by atoms with Crippen LogP contribution in [-0.2, 0) is 11.3 Å². The van der Waals surface area contributed by atoms with Crippen LogP contribution in [0.25, 0.3) is 0 Å². The average molecular weight is 295 g/mol. The van der Waals surface area contributed by atoms with Crippen LogP contribution in [0.1, 0.15) is 49.0 Å². The van der Waals surface area contributed by atoms with Gasteiger partial charge in [-0.1, -0.05) is 12.8 Å². The van der Waals surface area contributed by atoms with E-state index in [-0.39, 0.29) is 11.7 Å². The van der Waals surface area contributed by atoms with E-state index in [1.165, 1.54) is 23.7 Å².